The zero-order valence-corrected chi connectivity index (χ0v) is 33.6. The van der Waals surface area contributed by atoms with Crippen LogP contribution in [0.4, 0.5) is 0 Å². The second kappa shape index (κ2) is 13.2. The Balaban J connectivity index is 1.56. The number of pyridine rings is 1. The number of aromatic nitrogens is 4. The van der Waals surface area contributed by atoms with Crippen LogP contribution in [0.3, 0.4) is 0 Å². The fraction of sp³-hybridized carbons (Fsp3) is 0.425. The van der Waals surface area contributed by atoms with E-state index in [2.05, 4.69) is 111 Å². The minimum absolute atomic E-state index is 0.0217. The molecule has 0 saturated heterocycles. The molecule has 0 N–H and O–H groups in total. The van der Waals surface area contributed by atoms with Crippen molar-refractivity contribution in [1.82, 2.24) is 20.0 Å². The van der Waals surface area contributed by atoms with Crippen LogP contribution >= 0.6 is 0 Å². The lowest BCUT2D eigenvalue weighted by atomic mass is 9.99. The van der Waals surface area contributed by atoms with Gasteiger partial charge in [0.15, 0.2) is 11.5 Å². The number of hydrogen-bond donors (Lipinski definition) is 0. The summed E-state index contributed by atoms with van der Waals surface area (Å²) < 4.78 is 28.1. The van der Waals surface area contributed by atoms with Gasteiger partial charge in [-0.1, -0.05) is 77.9 Å². The van der Waals surface area contributed by atoms with E-state index in [1.807, 2.05) is 35.0 Å². The van der Waals surface area contributed by atoms with Gasteiger partial charge in [-0.15, -0.1) is 5.10 Å². The monoisotopic (exact) mass is 708 g/mol. The number of ether oxygens (including phenoxy) is 2. The molecule has 5 aromatic rings. The highest BCUT2D eigenvalue weighted by molar-refractivity contribution is 6.75. The molecule has 10 heteroatoms. The quantitative estimate of drug-likeness (QED) is 0.141. The molecule has 0 atom stereocenters. The first kappa shape index (κ1) is 35.7. The first-order valence-electron chi connectivity index (χ1n) is 17.7. The first-order chi connectivity index (χ1) is 23.5. The zero-order valence-electron chi connectivity index (χ0n) is 31.6. The number of fused-ring (bicyclic) bond motifs is 2. The summed E-state index contributed by atoms with van der Waals surface area (Å²) in [7, 11) is -4.45. The molecule has 0 spiro atoms. The normalized spacial score (nSPS) is 13.8. The molecule has 0 aliphatic carbocycles. The Morgan fingerprint density at radius 3 is 2.10 bits per heavy atom. The van der Waals surface area contributed by atoms with Gasteiger partial charge in [-0.2, -0.15) is 0 Å². The van der Waals surface area contributed by atoms with Gasteiger partial charge in [0.2, 0.25) is 8.32 Å². The Morgan fingerprint density at radius 1 is 0.760 bits per heavy atom. The van der Waals surface area contributed by atoms with E-state index in [1.54, 1.807) is 0 Å². The average Bonchev–Trinajstić information content (AvgIpc) is 3.46. The van der Waals surface area contributed by atoms with Crippen molar-refractivity contribution >= 4 is 27.5 Å². The van der Waals surface area contributed by atoms with Crippen molar-refractivity contribution < 1.29 is 18.3 Å². The van der Waals surface area contributed by atoms with Crippen molar-refractivity contribution in [2.24, 2.45) is 0 Å². The van der Waals surface area contributed by atoms with E-state index >= 15 is 0 Å². The van der Waals surface area contributed by atoms with Crippen LogP contribution < -0.4 is 18.3 Å². The van der Waals surface area contributed by atoms with Crippen LogP contribution in [0, 0.1) is 0 Å². The summed E-state index contributed by atoms with van der Waals surface area (Å²) in [6.07, 6.45) is 0.797. The number of aryl methyl sites for hydroxylation is 1. The summed E-state index contributed by atoms with van der Waals surface area (Å²) in [5.74, 6) is 3.11. The van der Waals surface area contributed by atoms with E-state index in [-0.39, 0.29) is 10.1 Å². The van der Waals surface area contributed by atoms with Gasteiger partial charge in [0.05, 0.1) is 23.4 Å². The van der Waals surface area contributed by atoms with Gasteiger partial charge in [0, 0.05) is 22.6 Å². The molecular formula is C40H52N4O4Si2. The molecule has 1 aliphatic rings. The molecule has 8 nitrogen and oxygen atoms in total. The third-order valence-corrected chi connectivity index (χ3v) is 19.3. The third kappa shape index (κ3) is 7.05. The van der Waals surface area contributed by atoms with Gasteiger partial charge in [-0.05, 0) is 84.6 Å². The Kier molecular flexibility index (Phi) is 9.41. The van der Waals surface area contributed by atoms with Crippen molar-refractivity contribution in [2.75, 3.05) is 13.2 Å². The van der Waals surface area contributed by atoms with Gasteiger partial charge in [-0.3, -0.25) is 4.98 Å². The molecule has 264 valence electrons. The molecule has 3 aromatic carbocycles. The van der Waals surface area contributed by atoms with E-state index in [9.17, 15) is 0 Å². The Morgan fingerprint density at radius 2 is 1.42 bits per heavy atom. The fourth-order valence-electron chi connectivity index (χ4n) is 5.53. The molecule has 50 heavy (non-hydrogen) atoms. The highest BCUT2D eigenvalue weighted by Crippen LogP contribution is 2.47. The Hall–Kier alpha value is -4.16. The summed E-state index contributed by atoms with van der Waals surface area (Å²) in [5, 5.41) is 10.8. The van der Waals surface area contributed by atoms with Crippen LogP contribution in [0.25, 0.3) is 33.4 Å². The largest absolute Gasteiger partial charge is 0.543 e. The second-order valence-corrected chi connectivity index (χ2v) is 25.8. The molecule has 0 saturated carbocycles. The smallest absolute Gasteiger partial charge is 0.250 e. The van der Waals surface area contributed by atoms with E-state index < -0.39 is 16.6 Å². The zero-order chi connectivity index (χ0) is 36.1. The predicted molar refractivity (Wildman–Crippen MR) is 208 cm³/mol. The Bertz CT molecular complexity index is 2020. The van der Waals surface area contributed by atoms with Gasteiger partial charge < -0.3 is 18.3 Å². The van der Waals surface area contributed by atoms with Crippen molar-refractivity contribution in [3.8, 4) is 45.5 Å². The standard InChI is InChI=1S/C40H52N4O4Si2/c1-12-27-23-31(35(48-50(10,11)40(5,6)7)25-34(27)47-49(8,9)39(2,3)4)37-38(29-18-20-33-36(24-29)46-22-21-45-33)44(43-42-37)26-30-19-17-28-15-13-14-16-32(28)41-30/h13-20,23-25H,12,21-22,26H2,1-11H3. The lowest BCUT2D eigenvalue weighted by molar-refractivity contribution is 0.171. The van der Waals surface area contributed by atoms with Crippen LogP contribution in [0.2, 0.25) is 36.3 Å². The van der Waals surface area contributed by atoms with E-state index in [1.165, 1.54) is 0 Å². The van der Waals surface area contributed by atoms with Gasteiger partial charge >= 0.3 is 0 Å². The highest BCUT2D eigenvalue weighted by atomic mass is 28.4. The molecule has 3 heterocycles. The van der Waals surface area contributed by atoms with Crippen molar-refractivity contribution in [3.63, 3.8) is 0 Å². The van der Waals surface area contributed by atoms with Crippen LogP contribution in [-0.4, -0.2) is 49.8 Å². The molecule has 0 bridgehead atoms. The summed E-state index contributed by atoms with van der Waals surface area (Å²) in [6.45, 7) is 26.4. The molecule has 2 aromatic heterocycles. The maximum Gasteiger partial charge on any atom is 0.250 e. The summed E-state index contributed by atoms with van der Waals surface area (Å²) in [4.78, 5) is 4.98. The molecule has 0 unspecified atom stereocenters. The number of nitrogens with zero attached hydrogens (tertiary/aromatic N) is 4. The number of rotatable bonds is 9. The summed E-state index contributed by atoms with van der Waals surface area (Å²) >= 11 is 0. The molecule has 6 rings (SSSR count). The van der Waals surface area contributed by atoms with E-state index in [0.29, 0.717) is 25.5 Å². The first-order valence-corrected chi connectivity index (χ1v) is 23.5. The minimum Gasteiger partial charge on any atom is -0.543 e. The maximum absolute atomic E-state index is 7.19. The van der Waals surface area contributed by atoms with Gasteiger partial charge in [0.1, 0.15) is 30.4 Å². The van der Waals surface area contributed by atoms with Crippen LogP contribution in [0.1, 0.15) is 59.7 Å². The van der Waals surface area contributed by atoms with Crippen LogP contribution in [0.5, 0.6) is 23.0 Å². The minimum atomic E-state index is -2.30. The fourth-order valence-corrected chi connectivity index (χ4v) is 7.60. The predicted octanol–water partition coefficient (Wildman–Crippen LogP) is 10.3. The van der Waals surface area contributed by atoms with Crippen LogP contribution in [0.15, 0.2) is 66.7 Å². The summed E-state index contributed by atoms with van der Waals surface area (Å²) in [5.41, 5.74) is 6.38. The lowest BCUT2D eigenvalue weighted by Gasteiger charge is -2.39. The van der Waals surface area contributed by atoms with Gasteiger partial charge in [-0.25, -0.2) is 4.68 Å². The van der Waals surface area contributed by atoms with Gasteiger partial charge in [0.25, 0.3) is 8.32 Å². The third-order valence-electron chi connectivity index (χ3n) is 10.7. The van der Waals surface area contributed by atoms with E-state index in [0.717, 1.165) is 68.3 Å². The number of benzene rings is 3. The average molecular weight is 709 g/mol. The molecule has 0 radical (unpaired) electrons. The van der Waals surface area contributed by atoms with Crippen molar-refractivity contribution in [2.45, 2.75) is 97.7 Å². The molecular weight excluding hydrogens is 657 g/mol. The van der Waals surface area contributed by atoms with Crippen LogP contribution in [-0.2, 0) is 13.0 Å². The molecule has 0 fully saturated rings. The van der Waals surface area contributed by atoms with E-state index in [4.69, 9.17) is 33.6 Å². The SMILES string of the molecule is CCc1cc(-c2nnn(Cc3ccc4ccccc4n3)c2-c2ccc3c(c2)OCCO3)c(O[Si](C)(C)C(C)(C)C)cc1O[Si](C)(C)C(C)(C)C. The molecule has 0 amide bonds. The summed E-state index contributed by atoms with van der Waals surface area (Å²) in [6, 6.07) is 22.7. The second-order valence-electron chi connectivity index (χ2n) is 16.3. The van der Waals surface area contributed by atoms with Crippen molar-refractivity contribution in [3.05, 3.63) is 78.0 Å². The highest BCUT2D eigenvalue weighted by Gasteiger charge is 2.42. The lowest BCUT2D eigenvalue weighted by Crippen LogP contribution is -2.44. The molecule has 1 aliphatic heterocycles. The maximum atomic E-state index is 7.19. The number of para-hydroxylation sites is 1. The van der Waals surface area contributed by atoms with Crippen molar-refractivity contribution in [1.29, 1.82) is 0 Å². The number of hydrogen-bond acceptors (Lipinski definition) is 7. The topological polar surface area (TPSA) is 80.5 Å². The Labute approximate surface area is 299 Å².